The van der Waals surface area contributed by atoms with Gasteiger partial charge in [0.2, 0.25) is 11.8 Å². The van der Waals surface area contributed by atoms with Gasteiger partial charge in [-0.25, -0.2) is 0 Å². The molecule has 0 radical (unpaired) electrons. The number of carbonyl (C=O) groups excluding carboxylic acids is 2. The van der Waals surface area contributed by atoms with Crippen molar-refractivity contribution in [3.05, 3.63) is 29.8 Å². The molecule has 3 aliphatic heterocycles. The molecule has 0 aromatic heterocycles. The lowest BCUT2D eigenvalue weighted by Crippen LogP contribution is -2.62. The van der Waals surface area contributed by atoms with Gasteiger partial charge in [-0.3, -0.25) is 14.5 Å². The lowest BCUT2D eigenvalue weighted by molar-refractivity contribution is -0.136. The summed E-state index contributed by atoms with van der Waals surface area (Å²) >= 11 is 1.93. The first kappa shape index (κ1) is 20.5. The number of piperazine rings is 1. The van der Waals surface area contributed by atoms with Crippen LogP contribution < -0.4 is 10.2 Å². The molecule has 4 rings (SSSR count). The maximum absolute atomic E-state index is 13.5. The lowest BCUT2D eigenvalue weighted by atomic mass is 9.83. The van der Waals surface area contributed by atoms with Crippen molar-refractivity contribution in [2.75, 3.05) is 55.7 Å². The molecule has 7 heteroatoms. The molecule has 3 aliphatic rings. The average Bonchev–Trinajstić information content (AvgIpc) is 2.72. The maximum Gasteiger partial charge on any atom is 0.234 e. The zero-order chi connectivity index (χ0) is 20.4. The number of hydrogen-bond acceptors (Lipinski definition) is 5. The van der Waals surface area contributed by atoms with Gasteiger partial charge in [-0.15, -0.1) is 0 Å². The molecule has 2 atom stereocenters. The molecule has 1 N–H and O–H groups in total. The van der Waals surface area contributed by atoms with Crippen molar-refractivity contribution < 1.29 is 9.59 Å². The Kier molecular flexibility index (Phi) is 6.35. The number of fused-ring (bicyclic) bond motifs is 3. The molecule has 2 saturated heterocycles. The highest BCUT2D eigenvalue weighted by Crippen LogP contribution is 2.36. The third kappa shape index (κ3) is 4.56. The van der Waals surface area contributed by atoms with E-state index in [1.54, 1.807) is 0 Å². The fourth-order valence-corrected chi connectivity index (χ4v) is 5.74. The van der Waals surface area contributed by atoms with Gasteiger partial charge in [-0.1, -0.05) is 18.2 Å². The number of amides is 2. The van der Waals surface area contributed by atoms with E-state index in [1.807, 2.05) is 25.6 Å². The largest absolute Gasteiger partial charge is 0.365 e. The third-order valence-electron chi connectivity index (χ3n) is 6.16. The van der Waals surface area contributed by atoms with E-state index in [0.29, 0.717) is 12.5 Å². The molecular weight excluding hydrogens is 384 g/mol. The van der Waals surface area contributed by atoms with Gasteiger partial charge in [0.25, 0.3) is 0 Å². The van der Waals surface area contributed by atoms with Crippen LogP contribution in [0.2, 0.25) is 0 Å². The minimum absolute atomic E-state index is 0.0380. The van der Waals surface area contributed by atoms with Gasteiger partial charge in [-0.05, 0) is 31.9 Å². The number of nitrogens with zero attached hydrogens (tertiary/aromatic N) is 3. The molecule has 6 nitrogen and oxygen atoms in total. The van der Waals surface area contributed by atoms with Crippen LogP contribution in [-0.4, -0.2) is 84.5 Å². The second-order valence-electron chi connectivity index (χ2n) is 8.60. The monoisotopic (exact) mass is 416 g/mol. The van der Waals surface area contributed by atoms with Crippen LogP contribution in [0.25, 0.3) is 0 Å². The highest BCUT2D eigenvalue weighted by Gasteiger charge is 2.43. The Morgan fingerprint density at radius 2 is 1.90 bits per heavy atom. The third-order valence-corrected chi connectivity index (χ3v) is 7.11. The van der Waals surface area contributed by atoms with Crippen molar-refractivity contribution in [3.8, 4) is 0 Å². The van der Waals surface area contributed by atoms with E-state index >= 15 is 0 Å². The summed E-state index contributed by atoms with van der Waals surface area (Å²) in [5, 5.41) is 2.99. The summed E-state index contributed by atoms with van der Waals surface area (Å²) in [6.07, 6.45) is 0.797. The van der Waals surface area contributed by atoms with E-state index in [4.69, 9.17) is 0 Å². The Hall–Kier alpha value is -1.73. The summed E-state index contributed by atoms with van der Waals surface area (Å²) in [4.78, 5) is 32.5. The number of anilines is 1. The van der Waals surface area contributed by atoms with Crippen molar-refractivity contribution in [2.45, 2.75) is 32.4 Å². The molecule has 2 unspecified atom stereocenters. The molecule has 1 aromatic rings. The minimum Gasteiger partial charge on any atom is -0.365 e. The van der Waals surface area contributed by atoms with Crippen LogP contribution in [0.5, 0.6) is 0 Å². The van der Waals surface area contributed by atoms with Crippen LogP contribution in [0.15, 0.2) is 24.3 Å². The van der Waals surface area contributed by atoms with Crippen LogP contribution in [0.4, 0.5) is 5.69 Å². The fraction of sp³-hybridized carbons (Fsp3) is 0.636. The number of rotatable bonds is 4. The first-order valence-electron chi connectivity index (χ1n) is 10.8. The first-order valence-corrected chi connectivity index (χ1v) is 11.9. The summed E-state index contributed by atoms with van der Waals surface area (Å²) in [5.41, 5.74) is 2.54. The zero-order valence-electron chi connectivity index (χ0n) is 17.5. The smallest absolute Gasteiger partial charge is 0.234 e. The second kappa shape index (κ2) is 8.96. The van der Waals surface area contributed by atoms with Crippen LogP contribution in [0.3, 0.4) is 0 Å². The molecule has 0 bridgehead atoms. The number of hydrogen-bond donors (Lipinski definition) is 1. The normalized spacial score (nSPS) is 24.8. The van der Waals surface area contributed by atoms with E-state index < -0.39 is 0 Å². The predicted octanol–water partition coefficient (Wildman–Crippen LogP) is 1.45. The second-order valence-corrected chi connectivity index (χ2v) is 9.82. The van der Waals surface area contributed by atoms with Gasteiger partial charge in [0.15, 0.2) is 0 Å². The predicted molar refractivity (Wildman–Crippen MR) is 118 cm³/mol. The number of thioether (sulfide) groups is 1. The minimum atomic E-state index is -0.0380. The van der Waals surface area contributed by atoms with Gasteiger partial charge in [0.1, 0.15) is 0 Å². The van der Waals surface area contributed by atoms with Crippen molar-refractivity contribution in [1.29, 1.82) is 0 Å². The topological polar surface area (TPSA) is 55.9 Å². The number of para-hydroxylation sites is 1. The van der Waals surface area contributed by atoms with Crippen LogP contribution in [-0.2, 0) is 16.0 Å². The van der Waals surface area contributed by atoms with Crippen molar-refractivity contribution in [2.24, 2.45) is 5.92 Å². The van der Waals surface area contributed by atoms with Gasteiger partial charge in [-0.2, -0.15) is 11.8 Å². The van der Waals surface area contributed by atoms with Crippen molar-refractivity contribution in [1.82, 2.24) is 15.1 Å². The Balaban J connectivity index is 1.54. The van der Waals surface area contributed by atoms with Gasteiger partial charge < -0.3 is 15.1 Å². The summed E-state index contributed by atoms with van der Waals surface area (Å²) < 4.78 is 0. The zero-order valence-corrected chi connectivity index (χ0v) is 18.3. The number of nitrogens with one attached hydrogen (secondary N) is 1. The standard InChI is InChI=1S/C22H32N4O2S/c1-16(2)23-21(27)15-24-7-8-26-19-6-4-3-5-17(19)13-18(20(26)14-24)22(28)25-9-11-29-12-10-25/h3-6,16,18,20H,7-15H2,1-2H3,(H,23,27). The average molecular weight is 417 g/mol. The Labute approximate surface area is 178 Å². The Morgan fingerprint density at radius 3 is 2.66 bits per heavy atom. The molecule has 0 aliphatic carbocycles. The van der Waals surface area contributed by atoms with E-state index in [-0.39, 0.29) is 23.9 Å². The van der Waals surface area contributed by atoms with Crippen LogP contribution in [0.1, 0.15) is 19.4 Å². The molecule has 29 heavy (non-hydrogen) atoms. The molecule has 0 saturated carbocycles. The highest BCUT2D eigenvalue weighted by molar-refractivity contribution is 7.99. The molecule has 3 heterocycles. The van der Waals surface area contributed by atoms with Crippen molar-refractivity contribution in [3.63, 3.8) is 0 Å². The highest BCUT2D eigenvalue weighted by atomic mass is 32.2. The van der Waals surface area contributed by atoms with Crippen LogP contribution >= 0.6 is 11.8 Å². The molecule has 158 valence electrons. The summed E-state index contributed by atoms with van der Waals surface area (Å²) in [7, 11) is 0. The Bertz CT molecular complexity index is 750. The Morgan fingerprint density at radius 1 is 1.14 bits per heavy atom. The molecule has 0 spiro atoms. The molecule has 1 aromatic carbocycles. The van der Waals surface area contributed by atoms with E-state index in [1.165, 1.54) is 11.3 Å². The SMILES string of the molecule is CC(C)NC(=O)CN1CCN2c3ccccc3CC(C(=O)N3CCSCC3)C2C1. The summed E-state index contributed by atoms with van der Waals surface area (Å²) in [6.45, 7) is 8.56. The van der Waals surface area contributed by atoms with Gasteiger partial charge >= 0.3 is 0 Å². The van der Waals surface area contributed by atoms with Crippen molar-refractivity contribution >= 4 is 29.3 Å². The summed E-state index contributed by atoms with van der Waals surface area (Å²) in [6, 6.07) is 8.79. The van der Waals surface area contributed by atoms with Gasteiger partial charge in [0, 0.05) is 56.0 Å². The fourth-order valence-electron chi connectivity index (χ4n) is 4.83. The molecule has 2 fully saturated rings. The van der Waals surface area contributed by atoms with E-state index in [0.717, 1.165) is 50.7 Å². The maximum atomic E-state index is 13.5. The quantitative estimate of drug-likeness (QED) is 0.805. The summed E-state index contributed by atoms with van der Waals surface area (Å²) in [5.74, 6) is 2.39. The molecular formula is C22H32N4O2S. The van der Waals surface area contributed by atoms with E-state index in [2.05, 4.69) is 44.3 Å². The van der Waals surface area contributed by atoms with E-state index in [9.17, 15) is 9.59 Å². The van der Waals surface area contributed by atoms with Crippen LogP contribution in [0, 0.1) is 5.92 Å². The van der Waals surface area contributed by atoms with Gasteiger partial charge in [0.05, 0.1) is 18.5 Å². The number of benzene rings is 1. The molecule has 2 amide bonds. The number of carbonyl (C=O) groups is 2. The lowest BCUT2D eigenvalue weighted by Gasteiger charge is -2.50. The first-order chi connectivity index (χ1) is 14.0.